The van der Waals surface area contributed by atoms with Crippen LogP contribution in [0.4, 0.5) is 10.1 Å². The first-order valence-electron chi connectivity index (χ1n) is 9.32. The van der Waals surface area contributed by atoms with E-state index >= 15 is 0 Å². The topological polar surface area (TPSA) is 55.8 Å². The molecule has 7 heteroatoms. The van der Waals surface area contributed by atoms with Gasteiger partial charge in [-0.1, -0.05) is 19.1 Å². The zero-order chi connectivity index (χ0) is 21.4. The molecule has 0 heterocycles. The molecule has 0 saturated carbocycles. The molecule has 1 amide bonds. The van der Waals surface area contributed by atoms with Gasteiger partial charge in [-0.25, -0.2) is 9.18 Å². The number of thioether (sulfide) groups is 1. The molecule has 2 rings (SSSR count). The molecule has 29 heavy (non-hydrogen) atoms. The first kappa shape index (κ1) is 22.9. The monoisotopic (exact) mass is 419 g/mol. The number of rotatable bonds is 10. The van der Waals surface area contributed by atoms with Crippen molar-refractivity contribution in [3.05, 3.63) is 65.0 Å². The molecule has 2 aromatic rings. The summed E-state index contributed by atoms with van der Waals surface area (Å²) in [6, 6.07) is 11.2. The van der Waals surface area contributed by atoms with Gasteiger partial charge >= 0.3 is 5.97 Å². The first-order chi connectivity index (χ1) is 13.9. The van der Waals surface area contributed by atoms with Crippen molar-refractivity contribution in [3.63, 3.8) is 0 Å². The lowest BCUT2D eigenvalue weighted by molar-refractivity contribution is -0.107. The van der Waals surface area contributed by atoms with Gasteiger partial charge < -0.3 is 9.47 Å². The molecular weight excluding hydrogens is 393 g/mol. The minimum Gasteiger partial charge on any atom is -0.457 e. The fourth-order valence-electron chi connectivity index (χ4n) is 2.95. The van der Waals surface area contributed by atoms with Gasteiger partial charge in [-0.15, -0.1) is 11.8 Å². The third-order valence-corrected chi connectivity index (χ3v) is 5.41. The third kappa shape index (κ3) is 6.05. The van der Waals surface area contributed by atoms with Crippen LogP contribution in [0.15, 0.2) is 42.5 Å². The summed E-state index contributed by atoms with van der Waals surface area (Å²) in [5.74, 6) is 0.000939. The van der Waals surface area contributed by atoms with Gasteiger partial charge in [0.25, 0.3) is 0 Å². The lowest BCUT2D eigenvalue weighted by atomic mass is 10.1. The molecule has 156 valence electrons. The number of aryl methyl sites for hydroxylation is 1. The van der Waals surface area contributed by atoms with E-state index in [0.29, 0.717) is 17.9 Å². The Morgan fingerprint density at radius 2 is 1.93 bits per heavy atom. The molecule has 2 atom stereocenters. The number of ether oxygens (including phenoxy) is 2. The summed E-state index contributed by atoms with van der Waals surface area (Å²) >= 11 is 1.56. The van der Waals surface area contributed by atoms with Gasteiger partial charge in [0, 0.05) is 12.8 Å². The number of halogens is 1. The van der Waals surface area contributed by atoms with Crippen molar-refractivity contribution >= 4 is 29.8 Å². The fourth-order valence-corrected chi connectivity index (χ4v) is 3.94. The Morgan fingerprint density at radius 1 is 1.24 bits per heavy atom. The fraction of sp³-hybridized carbons (Fsp3) is 0.364. The summed E-state index contributed by atoms with van der Waals surface area (Å²) < 4.78 is 23.6. The number of hydrogen-bond acceptors (Lipinski definition) is 5. The Kier molecular flexibility index (Phi) is 8.67. The molecule has 0 aromatic heterocycles. The van der Waals surface area contributed by atoms with E-state index in [0.717, 1.165) is 23.3 Å². The maximum absolute atomic E-state index is 13.3. The van der Waals surface area contributed by atoms with Crippen LogP contribution in [0.2, 0.25) is 0 Å². The smallest absolute Gasteiger partial charge is 0.338 e. The highest BCUT2D eigenvalue weighted by molar-refractivity contribution is 7.99. The Bertz CT molecular complexity index is 828. The Labute approximate surface area is 175 Å². The number of amides is 1. The summed E-state index contributed by atoms with van der Waals surface area (Å²) in [5, 5.41) is -0.309. The zero-order valence-electron chi connectivity index (χ0n) is 17.1. The predicted octanol–water partition coefficient (Wildman–Crippen LogP) is 4.74. The van der Waals surface area contributed by atoms with Crippen molar-refractivity contribution in [3.8, 4) is 0 Å². The third-order valence-electron chi connectivity index (χ3n) is 4.27. The summed E-state index contributed by atoms with van der Waals surface area (Å²) in [6.07, 6.45) is 0.403. The van der Waals surface area contributed by atoms with Gasteiger partial charge in [0.1, 0.15) is 17.3 Å². The summed E-state index contributed by atoms with van der Waals surface area (Å²) in [7, 11) is 1.54. The van der Waals surface area contributed by atoms with Crippen molar-refractivity contribution < 1.29 is 23.5 Å². The maximum atomic E-state index is 13.3. The molecule has 0 fully saturated rings. The van der Waals surface area contributed by atoms with Crippen molar-refractivity contribution in [2.75, 3.05) is 24.4 Å². The average Bonchev–Trinajstić information content (AvgIpc) is 2.69. The second-order valence-corrected chi connectivity index (χ2v) is 7.90. The molecule has 0 aliphatic carbocycles. The molecule has 2 unspecified atom stereocenters. The highest BCUT2D eigenvalue weighted by Crippen LogP contribution is 2.36. The van der Waals surface area contributed by atoms with Crippen LogP contribution in [0.25, 0.3) is 0 Å². The standard InChI is InChI=1S/C22H26FNO4S/c1-5-29-21(17-6-9-19(23)10-7-17)24(14-25)20-11-8-18(12-15(20)2)22(26)28-16(3)13-27-4/h6-12,14,16,21H,5,13H2,1-4H3. The predicted molar refractivity (Wildman–Crippen MR) is 114 cm³/mol. The number of methoxy groups -OCH3 is 1. The van der Waals surface area contributed by atoms with Crippen molar-refractivity contribution in [1.82, 2.24) is 0 Å². The Hall–Kier alpha value is -2.38. The van der Waals surface area contributed by atoms with Gasteiger partial charge in [-0.2, -0.15) is 0 Å². The highest BCUT2D eigenvalue weighted by atomic mass is 32.2. The van der Waals surface area contributed by atoms with E-state index in [1.807, 2.05) is 13.8 Å². The maximum Gasteiger partial charge on any atom is 0.338 e. The number of carbonyl (C=O) groups excluding carboxylic acids is 2. The summed E-state index contributed by atoms with van der Waals surface area (Å²) in [6.45, 7) is 5.90. The number of nitrogens with zero attached hydrogens (tertiary/aromatic N) is 1. The molecule has 0 saturated heterocycles. The normalized spacial score (nSPS) is 12.9. The minimum absolute atomic E-state index is 0.309. The van der Waals surface area contributed by atoms with E-state index in [1.54, 1.807) is 61.0 Å². The quantitative estimate of drug-likeness (QED) is 0.316. The van der Waals surface area contributed by atoms with E-state index in [-0.39, 0.29) is 17.3 Å². The van der Waals surface area contributed by atoms with Crippen LogP contribution in [-0.2, 0) is 14.3 Å². The molecule has 2 aromatic carbocycles. The highest BCUT2D eigenvalue weighted by Gasteiger charge is 2.23. The molecular formula is C22H26FNO4S. The first-order valence-corrected chi connectivity index (χ1v) is 10.4. The molecule has 0 aliphatic rings. The Balaban J connectivity index is 2.30. The van der Waals surface area contributed by atoms with E-state index in [9.17, 15) is 14.0 Å². The molecule has 0 N–H and O–H groups in total. The zero-order valence-corrected chi connectivity index (χ0v) is 17.9. The van der Waals surface area contributed by atoms with Crippen molar-refractivity contribution in [2.45, 2.75) is 32.2 Å². The number of anilines is 1. The lowest BCUT2D eigenvalue weighted by Crippen LogP contribution is -2.26. The minimum atomic E-state index is -0.445. The van der Waals surface area contributed by atoms with Gasteiger partial charge in [-0.05, 0) is 61.1 Å². The SMILES string of the molecule is CCSC(c1ccc(F)cc1)N(C=O)c1ccc(C(=O)OC(C)COC)cc1C. The van der Waals surface area contributed by atoms with Gasteiger partial charge in [0.2, 0.25) is 6.41 Å². The second kappa shape index (κ2) is 11.0. The van der Waals surface area contributed by atoms with Crippen LogP contribution in [0.1, 0.15) is 40.7 Å². The van der Waals surface area contributed by atoms with Crippen molar-refractivity contribution in [2.24, 2.45) is 0 Å². The van der Waals surface area contributed by atoms with Gasteiger partial charge in [0.05, 0.1) is 12.2 Å². The van der Waals surface area contributed by atoms with Crippen LogP contribution in [0.5, 0.6) is 0 Å². The molecule has 0 aliphatic heterocycles. The van der Waals surface area contributed by atoms with Gasteiger partial charge in [-0.3, -0.25) is 9.69 Å². The van der Waals surface area contributed by atoms with Crippen LogP contribution in [-0.4, -0.2) is 38.0 Å². The molecule has 0 radical (unpaired) electrons. The Morgan fingerprint density at radius 3 is 2.48 bits per heavy atom. The van der Waals surface area contributed by atoms with Crippen LogP contribution >= 0.6 is 11.8 Å². The summed E-state index contributed by atoms with van der Waals surface area (Å²) in [5.41, 5.74) is 2.66. The van der Waals surface area contributed by atoms with Crippen LogP contribution in [0, 0.1) is 12.7 Å². The van der Waals surface area contributed by atoms with E-state index in [1.165, 1.54) is 12.1 Å². The summed E-state index contributed by atoms with van der Waals surface area (Å²) in [4.78, 5) is 25.9. The number of benzene rings is 2. The second-order valence-electron chi connectivity index (χ2n) is 6.54. The largest absolute Gasteiger partial charge is 0.457 e. The van der Waals surface area contributed by atoms with Crippen molar-refractivity contribution in [1.29, 1.82) is 0 Å². The number of hydrogen-bond donors (Lipinski definition) is 0. The van der Waals surface area contributed by atoms with E-state index in [2.05, 4.69) is 0 Å². The van der Waals surface area contributed by atoms with Crippen LogP contribution < -0.4 is 4.90 Å². The van der Waals surface area contributed by atoms with E-state index < -0.39 is 5.97 Å². The molecule has 0 bridgehead atoms. The van der Waals surface area contributed by atoms with Gasteiger partial charge in [0.15, 0.2) is 0 Å². The van der Waals surface area contributed by atoms with Crippen LogP contribution in [0.3, 0.4) is 0 Å². The lowest BCUT2D eigenvalue weighted by Gasteiger charge is -2.29. The average molecular weight is 420 g/mol. The molecule has 5 nitrogen and oxygen atoms in total. The molecule has 0 spiro atoms. The number of esters is 1. The van der Waals surface area contributed by atoms with E-state index in [4.69, 9.17) is 9.47 Å². The number of carbonyl (C=O) groups is 2.